The van der Waals surface area contributed by atoms with Crippen LogP contribution in [0.15, 0.2) is 54.7 Å². The van der Waals surface area contributed by atoms with Gasteiger partial charge in [-0.15, -0.1) is 0 Å². The smallest absolute Gasteiger partial charge is 0.121 e. The van der Waals surface area contributed by atoms with E-state index in [0.29, 0.717) is 6.61 Å². The van der Waals surface area contributed by atoms with Gasteiger partial charge in [-0.05, 0) is 24.6 Å². The highest BCUT2D eigenvalue weighted by molar-refractivity contribution is 5.80. The highest BCUT2D eigenvalue weighted by Gasteiger charge is 2.03. The molecule has 0 fully saturated rings. The fraction of sp³-hybridized carbons (Fsp3) is 0.188. The Hall–Kier alpha value is -2.29. The fourth-order valence-corrected chi connectivity index (χ4v) is 2.13. The van der Waals surface area contributed by atoms with Gasteiger partial charge in [0.15, 0.2) is 0 Å². The molecular weight excluding hydrogens is 236 g/mol. The Morgan fingerprint density at radius 3 is 2.74 bits per heavy atom. The van der Waals surface area contributed by atoms with E-state index in [2.05, 4.69) is 36.3 Å². The number of hydrogen-bond acceptors (Lipinski definition) is 2. The summed E-state index contributed by atoms with van der Waals surface area (Å²) in [6.07, 6.45) is 1.89. The van der Waals surface area contributed by atoms with Crippen LogP contribution < -0.4 is 4.74 Å². The third-order valence-corrected chi connectivity index (χ3v) is 3.16. The summed E-state index contributed by atoms with van der Waals surface area (Å²) in [6, 6.07) is 16.3. The van der Waals surface area contributed by atoms with E-state index in [1.165, 1.54) is 5.56 Å². The maximum Gasteiger partial charge on any atom is 0.121 e. The van der Waals surface area contributed by atoms with Crippen LogP contribution in [0.2, 0.25) is 0 Å². The van der Waals surface area contributed by atoms with Crippen LogP contribution in [0.25, 0.3) is 10.9 Å². The van der Waals surface area contributed by atoms with Crippen molar-refractivity contribution >= 4 is 10.9 Å². The monoisotopic (exact) mass is 252 g/mol. The van der Waals surface area contributed by atoms with E-state index in [9.17, 15) is 0 Å². The van der Waals surface area contributed by atoms with Crippen molar-refractivity contribution in [1.82, 2.24) is 9.78 Å². The molecule has 2 aromatic carbocycles. The van der Waals surface area contributed by atoms with Crippen LogP contribution in [-0.2, 0) is 13.2 Å². The van der Waals surface area contributed by atoms with Gasteiger partial charge in [0.1, 0.15) is 12.4 Å². The van der Waals surface area contributed by atoms with Crippen molar-refractivity contribution in [2.24, 2.45) is 0 Å². The normalized spacial score (nSPS) is 10.8. The molecule has 0 saturated carbocycles. The molecule has 0 saturated heterocycles. The van der Waals surface area contributed by atoms with E-state index in [1.54, 1.807) is 0 Å². The summed E-state index contributed by atoms with van der Waals surface area (Å²) in [5, 5.41) is 5.48. The lowest BCUT2D eigenvalue weighted by Crippen LogP contribution is -1.97. The average molecular weight is 252 g/mol. The van der Waals surface area contributed by atoms with Gasteiger partial charge >= 0.3 is 0 Å². The summed E-state index contributed by atoms with van der Waals surface area (Å²) >= 11 is 0. The Balaban J connectivity index is 1.81. The van der Waals surface area contributed by atoms with Gasteiger partial charge in [0.2, 0.25) is 0 Å². The maximum absolute atomic E-state index is 5.83. The summed E-state index contributed by atoms with van der Waals surface area (Å²) in [4.78, 5) is 0. The molecule has 1 heterocycles. The van der Waals surface area contributed by atoms with Crippen LogP contribution in [0.3, 0.4) is 0 Å². The zero-order valence-corrected chi connectivity index (χ0v) is 10.9. The molecule has 3 aromatic rings. The van der Waals surface area contributed by atoms with Crippen molar-refractivity contribution in [3.63, 3.8) is 0 Å². The minimum atomic E-state index is 0.590. The Morgan fingerprint density at radius 2 is 1.95 bits per heavy atom. The summed E-state index contributed by atoms with van der Waals surface area (Å²) < 4.78 is 7.80. The molecule has 3 rings (SSSR count). The van der Waals surface area contributed by atoms with Crippen LogP contribution in [0.4, 0.5) is 0 Å². The van der Waals surface area contributed by atoms with Crippen LogP contribution >= 0.6 is 0 Å². The van der Waals surface area contributed by atoms with Crippen molar-refractivity contribution in [3.05, 3.63) is 60.3 Å². The predicted molar refractivity (Wildman–Crippen MR) is 76.2 cm³/mol. The lowest BCUT2D eigenvalue weighted by molar-refractivity contribution is 0.306. The molecule has 0 radical (unpaired) electrons. The second kappa shape index (κ2) is 5.14. The SMILES string of the molecule is CCn1ncc2ccc(OCc3ccccc3)cc21. The van der Waals surface area contributed by atoms with Crippen LogP contribution in [0.5, 0.6) is 5.75 Å². The van der Waals surface area contributed by atoms with E-state index in [0.717, 1.165) is 23.2 Å². The molecular formula is C16H16N2O. The van der Waals surface area contributed by atoms with Gasteiger partial charge in [0.05, 0.1) is 11.7 Å². The number of aryl methyl sites for hydroxylation is 1. The second-order valence-electron chi connectivity index (χ2n) is 4.46. The van der Waals surface area contributed by atoms with Crippen LogP contribution in [-0.4, -0.2) is 9.78 Å². The Morgan fingerprint density at radius 1 is 1.11 bits per heavy atom. The molecule has 0 amide bonds. The van der Waals surface area contributed by atoms with Crippen molar-refractivity contribution in [3.8, 4) is 5.75 Å². The van der Waals surface area contributed by atoms with Crippen molar-refractivity contribution < 1.29 is 4.74 Å². The molecule has 0 bridgehead atoms. The zero-order chi connectivity index (χ0) is 13.1. The van der Waals surface area contributed by atoms with E-state index >= 15 is 0 Å². The summed E-state index contributed by atoms with van der Waals surface area (Å²) in [5.41, 5.74) is 2.29. The highest BCUT2D eigenvalue weighted by atomic mass is 16.5. The first-order valence-electron chi connectivity index (χ1n) is 6.49. The van der Waals surface area contributed by atoms with Gasteiger partial charge in [-0.25, -0.2) is 0 Å². The van der Waals surface area contributed by atoms with E-state index in [4.69, 9.17) is 4.74 Å². The Kier molecular flexibility index (Phi) is 3.19. The second-order valence-corrected chi connectivity index (χ2v) is 4.46. The van der Waals surface area contributed by atoms with Gasteiger partial charge in [0, 0.05) is 18.0 Å². The third kappa shape index (κ3) is 2.45. The molecule has 0 aliphatic rings. The number of nitrogens with zero attached hydrogens (tertiary/aromatic N) is 2. The molecule has 0 unspecified atom stereocenters. The van der Waals surface area contributed by atoms with Gasteiger partial charge in [-0.3, -0.25) is 4.68 Å². The minimum absolute atomic E-state index is 0.590. The first kappa shape index (κ1) is 11.8. The van der Waals surface area contributed by atoms with E-state index < -0.39 is 0 Å². The topological polar surface area (TPSA) is 27.1 Å². The number of rotatable bonds is 4. The van der Waals surface area contributed by atoms with Crippen molar-refractivity contribution in [2.75, 3.05) is 0 Å². The zero-order valence-electron chi connectivity index (χ0n) is 10.9. The number of aromatic nitrogens is 2. The lowest BCUT2D eigenvalue weighted by Gasteiger charge is -2.07. The Labute approximate surface area is 112 Å². The molecule has 0 aliphatic carbocycles. The van der Waals surface area contributed by atoms with Crippen molar-refractivity contribution in [1.29, 1.82) is 0 Å². The molecule has 0 aliphatic heterocycles. The highest BCUT2D eigenvalue weighted by Crippen LogP contribution is 2.21. The minimum Gasteiger partial charge on any atom is -0.489 e. The molecule has 96 valence electrons. The molecule has 3 nitrogen and oxygen atoms in total. The van der Waals surface area contributed by atoms with Crippen LogP contribution in [0, 0.1) is 0 Å². The van der Waals surface area contributed by atoms with Gasteiger partial charge < -0.3 is 4.74 Å². The summed E-state index contributed by atoms with van der Waals surface area (Å²) in [5.74, 6) is 0.881. The first-order valence-corrected chi connectivity index (χ1v) is 6.49. The molecule has 0 N–H and O–H groups in total. The predicted octanol–water partition coefficient (Wildman–Crippen LogP) is 3.64. The first-order chi connectivity index (χ1) is 9.36. The number of benzene rings is 2. The summed E-state index contributed by atoms with van der Waals surface area (Å²) in [6.45, 7) is 3.54. The van der Waals surface area contributed by atoms with E-state index in [1.807, 2.05) is 35.1 Å². The average Bonchev–Trinajstić information content (AvgIpc) is 2.88. The van der Waals surface area contributed by atoms with Crippen molar-refractivity contribution in [2.45, 2.75) is 20.1 Å². The molecule has 0 spiro atoms. The van der Waals surface area contributed by atoms with E-state index in [-0.39, 0.29) is 0 Å². The molecule has 3 heteroatoms. The Bertz CT molecular complexity index is 674. The number of ether oxygens (including phenoxy) is 1. The third-order valence-electron chi connectivity index (χ3n) is 3.16. The molecule has 19 heavy (non-hydrogen) atoms. The standard InChI is InChI=1S/C16H16N2O/c1-2-18-16-10-15(9-8-14(16)11-17-18)19-12-13-6-4-3-5-7-13/h3-11H,2,12H2,1H3. The quantitative estimate of drug-likeness (QED) is 0.709. The molecule has 1 aromatic heterocycles. The number of fused-ring (bicyclic) bond motifs is 1. The molecule has 0 atom stereocenters. The maximum atomic E-state index is 5.83. The van der Waals surface area contributed by atoms with Gasteiger partial charge in [-0.1, -0.05) is 30.3 Å². The van der Waals surface area contributed by atoms with Crippen LogP contribution in [0.1, 0.15) is 12.5 Å². The summed E-state index contributed by atoms with van der Waals surface area (Å²) in [7, 11) is 0. The fourth-order valence-electron chi connectivity index (χ4n) is 2.13. The van der Waals surface area contributed by atoms with Gasteiger partial charge in [-0.2, -0.15) is 5.10 Å². The lowest BCUT2D eigenvalue weighted by atomic mass is 10.2. The largest absolute Gasteiger partial charge is 0.489 e. The van der Waals surface area contributed by atoms with Gasteiger partial charge in [0.25, 0.3) is 0 Å². The number of hydrogen-bond donors (Lipinski definition) is 0.